The standard InChI is InChI=1S/C12H26N2/c1-3-14(10-12-6-7-12)9-11(2)5-4-8-13/h11-12H,3-10,13H2,1-2H3. The first-order valence-electron chi connectivity index (χ1n) is 6.18. The maximum atomic E-state index is 5.52. The average Bonchev–Trinajstić information content (AvgIpc) is 2.97. The van der Waals surface area contributed by atoms with Crippen LogP contribution >= 0.6 is 0 Å². The van der Waals surface area contributed by atoms with E-state index in [9.17, 15) is 0 Å². The van der Waals surface area contributed by atoms with Crippen LogP contribution in [0.25, 0.3) is 0 Å². The first-order valence-corrected chi connectivity index (χ1v) is 6.18. The van der Waals surface area contributed by atoms with Gasteiger partial charge in [-0.2, -0.15) is 0 Å². The lowest BCUT2D eigenvalue weighted by atomic mass is 10.0. The fourth-order valence-corrected chi connectivity index (χ4v) is 2.00. The maximum Gasteiger partial charge on any atom is 0.000966 e. The highest BCUT2D eigenvalue weighted by Gasteiger charge is 2.23. The summed E-state index contributed by atoms with van der Waals surface area (Å²) in [6, 6.07) is 0. The molecule has 1 aliphatic carbocycles. The van der Waals surface area contributed by atoms with Gasteiger partial charge in [-0.05, 0) is 50.6 Å². The van der Waals surface area contributed by atoms with Gasteiger partial charge in [0.15, 0.2) is 0 Å². The van der Waals surface area contributed by atoms with Crippen LogP contribution in [0.4, 0.5) is 0 Å². The predicted molar refractivity (Wildman–Crippen MR) is 62.3 cm³/mol. The molecule has 0 heterocycles. The van der Waals surface area contributed by atoms with E-state index in [0.29, 0.717) is 0 Å². The zero-order valence-electron chi connectivity index (χ0n) is 9.84. The van der Waals surface area contributed by atoms with Crippen LogP contribution in [0.3, 0.4) is 0 Å². The summed E-state index contributed by atoms with van der Waals surface area (Å²) in [5.41, 5.74) is 5.52. The molecule has 2 heteroatoms. The number of rotatable bonds is 8. The van der Waals surface area contributed by atoms with Gasteiger partial charge in [-0.15, -0.1) is 0 Å². The summed E-state index contributed by atoms with van der Waals surface area (Å²) in [7, 11) is 0. The van der Waals surface area contributed by atoms with E-state index in [-0.39, 0.29) is 0 Å². The van der Waals surface area contributed by atoms with Crippen LogP contribution in [0.1, 0.15) is 39.5 Å². The third-order valence-corrected chi connectivity index (χ3v) is 3.13. The maximum absolute atomic E-state index is 5.52. The van der Waals surface area contributed by atoms with Crippen molar-refractivity contribution in [3.63, 3.8) is 0 Å². The Balaban J connectivity index is 2.10. The van der Waals surface area contributed by atoms with E-state index < -0.39 is 0 Å². The van der Waals surface area contributed by atoms with Crippen molar-refractivity contribution in [2.75, 3.05) is 26.2 Å². The number of hydrogen-bond donors (Lipinski definition) is 1. The van der Waals surface area contributed by atoms with Gasteiger partial charge in [0.25, 0.3) is 0 Å². The summed E-state index contributed by atoms with van der Waals surface area (Å²) < 4.78 is 0. The summed E-state index contributed by atoms with van der Waals surface area (Å²) in [5, 5.41) is 0. The number of nitrogens with zero attached hydrogens (tertiary/aromatic N) is 1. The third-order valence-electron chi connectivity index (χ3n) is 3.13. The van der Waals surface area contributed by atoms with Crippen molar-refractivity contribution >= 4 is 0 Å². The Morgan fingerprint density at radius 1 is 1.43 bits per heavy atom. The summed E-state index contributed by atoms with van der Waals surface area (Å²) in [6.45, 7) is 9.29. The smallest absolute Gasteiger partial charge is 0.000966 e. The molecule has 2 N–H and O–H groups in total. The lowest BCUT2D eigenvalue weighted by Gasteiger charge is -2.24. The van der Waals surface area contributed by atoms with Gasteiger partial charge in [0.05, 0.1) is 0 Å². The molecule has 1 rings (SSSR count). The van der Waals surface area contributed by atoms with E-state index in [0.717, 1.165) is 18.4 Å². The summed E-state index contributed by atoms with van der Waals surface area (Å²) >= 11 is 0. The van der Waals surface area contributed by atoms with E-state index in [2.05, 4.69) is 18.7 Å². The van der Waals surface area contributed by atoms with Crippen molar-refractivity contribution in [1.82, 2.24) is 4.90 Å². The minimum atomic E-state index is 0.817. The molecule has 0 spiro atoms. The quantitative estimate of drug-likeness (QED) is 0.647. The highest BCUT2D eigenvalue weighted by Crippen LogP contribution is 2.29. The van der Waals surface area contributed by atoms with Gasteiger partial charge in [-0.25, -0.2) is 0 Å². The molecule has 1 aliphatic rings. The second kappa shape index (κ2) is 6.41. The van der Waals surface area contributed by atoms with E-state index in [1.165, 1.54) is 45.3 Å². The zero-order valence-corrected chi connectivity index (χ0v) is 9.84. The van der Waals surface area contributed by atoms with Crippen molar-refractivity contribution < 1.29 is 0 Å². The SMILES string of the molecule is CCN(CC(C)CCCN)CC1CC1. The monoisotopic (exact) mass is 198 g/mol. The first-order chi connectivity index (χ1) is 6.76. The van der Waals surface area contributed by atoms with Crippen molar-refractivity contribution in [2.45, 2.75) is 39.5 Å². The van der Waals surface area contributed by atoms with E-state index in [1.807, 2.05) is 0 Å². The van der Waals surface area contributed by atoms with E-state index in [4.69, 9.17) is 5.73 Å². The molecule has 1 saturated carbocycles. The van der Waals surface area contributed by atoms with Crippen LogP contribution in [0, 0.1) is 11.8 Å². The van der Waals surface area contributed by atoms with E-state index in [1.54, 1.807) is 0 Å². The second-order valence-corrected chi connectivity index (χ2v) is 4.83. The molecule has 2 nitrogen and oxygen atoms in total. The minimum absolute atomic E-state index is 0.817. The van der Waals surface area contributed by atoms with Crippen LogP contribution in [0.15, 0.2) is 0 Å². The Hall–Kier alpha value is -0.0800. The Bertz CT molecular complexity index is 143. The van der Waals surface area contributed by atoms with Crippen LogP contribution in [-0.4, -0.2) is 31.1 Å². The minimum Gasteiger partial charge on any atom is -0.330 e. The Labute approximate surface area is 88.8 Å². The van der Waals surface area contributed by atoms with Gasteiger partial charge in [0.2, 0.25) is 0 Å². The van der Waals surface area contributed by atoms with Gasteiger partial charge >= 0.3 is 0 Å². The summed E-state index contributed by atoms with van der Waals surface area (Å²) in [4.78, 5) is 2.61. The van der Waals surface area contributed by atoms with Gasteiger partial charge in [0.1, 0.15) is 0 Å². The van der Waals surface area contributed by atoms with Gasteiger partial charge in [-0.3, -0.25) is 0 Å². The normalized spacial score (nSPS) is 18.9. The third kappa shape index (κ3) is 4.97. The summed E-state index contributed by atoms with van der Waals surface area (Å²) in [5.74, 6) is 1.84. The Kier molecular flexibility index (Phi) is 5.49. The molecule has 0 bridgehead atoms. The lowest BCUT2D eigenvalue weighted by Crippen LogP contribution is -2.30. The van der Waals surface area contributed by atoms with Crippen molar-refractivity contribution in [3.05, 3.63) is 0 Å². The van der Waals surface area contributed by atoms with Crippen molar-refractivity contribution in [2.24, 2.45) is 17.6 Å². The largest absolute Gasteiger partial charge is 0.330 e. The molecule has 1 fully saturated rings. The molecule has 14 heavy (non-hydrogen) atoms. The molecule has 0 radical (unpaired) electrons. The fourth-order valence-electron chi connectivity index (χ4n) is 2.00. The molecular formula is C12H26N2. The number of hydrogen-bond acceptors (Lipinski definition) is 2. The number of nitrogens with two attached hydrogens (primary N) is 1. The van der Waals surface area contributed by atoms with Crippen LogP contribution < -0.4 is 5.73 Å². The van der Waals surface area contributed by atoms with Gasteiger partial charge in [0, 0.05) is 13.1 Å². The first kappa shape index (κ1) is 12.0. The van der Waals surface area contributed by atoms with Crippen molar-refractivity contribution in [3.8, 4) is 0 Å². The van der Waals surface area contributed by atoms with Crippen LogP contribution in [0.5, 0.6) is 0 Å². The van der Waals surface area contributed by atoms with Crippen LogP contribution in [0.2, 0.25) is 0 Å². The molecule has 0 aromatic carbocycles. The highest BCUT2D eigenvalue weighted by molar-refractivity contribution is 4.77. The van der Waals surface area contributed by atoms with Gasteiger partial charge < -0.3 is 10.6 Å². The lowest BCUT2D eigenvalue weighted by molar-refractivity contribution is 0.233. The van der Waals surface area contributed by atoms with Crippen LogP contribution in [-0.2, 0) is 0 Å². The Morgan fingerprint density at radius 3 is 2.64 bits per heavy atom. The predicted octanol–water partition coefficient (Wildman–Crippen LogP) is 2.09. The molecule has 1 unspecified atom stereocenters. The topological polar surface area (TPSA) is 29.3 Å². The fraction of sp³-hybridized carbons (Fsp3) is 1.00. The molecule has 84 valence electrons. The molecule has 0 aliphatic heterocycles. The molecular weight excluding hydrogens is 172 g/mol. The molecule has 1 atom stereocenters. The molecule has 0 aromatic rings. The van der Waals surface area contributed by atoms with Gasteiger partial charge in [-0.1, -0.05) is 13.8 Å². The average molecular weight is 198 g/mol. The molecule has 0 aromatic heterocycles. The Morgan fingerprint density at radius 2 is 2.14 bits per heavy atom. The molecule has 0 saturated heterocycles. The molecule has 0 amide bonds. The second-order valence-electron chi connectivity index (χ2n) is 4.83. The van der Waals surface area contributed by atoms with E-state index >= 15 is 0 Å². The zero-order chi connectivity index (χ0) is 10.4. The highest BCUT2D eigenvalue weighted by atomic mass is 15.1. The summed E-state index contributed by atoms with van der Waals surface area (Å²) in [6.07, 6.45) is 5.40. The van der Waals surface area contributed by atoms with Crippen molar-refractivity contribution in [1.29, 1.82) is 0 Å².